The highest BCUT2D eigenvalue weighted by molar-refractivity contribution is 6.08. The van der Waals surface area contributed by atoms with E-state index in [-0.39, 0.29) is 6.61 Å². The van der Waals surface area contributed by atoms with Gasteiger partial charge in [0.2, 0.25) is 0 Å². The van der Waals surface area contributed by atoms with Crippen LogP contribution in [0, 0.1) is 6.92 Å². The van der Waals surface area contributed by atoms with Crippen LogP contribution in [0.1, 0.15) is 5.56 Å². The monoisotopic (exact) mass is 361 g/mol. The van der Waals surface area contributed by atoms with E-state index in [1.54, 1.807) is 7.11 Å². The van der Waals surface area contributed by atoms with E-state index in [1.807, 2.05) is 42.5 Å². The Labute approximate surface area is 158 Å². The molecule has 0 bridgehead atoms. The fourth-order valence-electron chi connectivity index (χ4n) is 3.49. The Morgan fingerprint density at radius 1 is 0.889 bits per heavy atom. The molecular weight excluding hydrogens is 338 g/mol. The second kappa shape index (κ2) is 7.33. The Bertz CT molecular complexity index is 1070. The predicted molar refractivity (Wildman–Crippen MR) is 109 cm³/mol. The molecule has 4 nitrogen and oxygen atoms in total. The number of nitrogens with zero attached hydrogens (tertiary/aromatic N) is 1. The third-order valence-corrected chi connectivity index (χ3v) is 4.81. The highest BCUT2D eigenvalue weighted by Gasteiger charge is 2.15. The molecule has 1 atom stereocenters. The number of aliphatic hydroxyl groups excluding tert-OH is 1. The maximum Gasteiger partial charge on any atom is 0.119 e. The van der Waals surface area contributed by atoms with Crippen LogP contribution in [-0.4, -0.2) is 29.5 Å². The first-order valence-corrected chi connectivity index (χ1v) is 9.08. The van der Waals surface area contributed by atoms with E-state index >= 15 is 0 Å². The maximum atomic E-state index is 10.6. The zero-order valence-corrected chi connectivity index (χ0v) is 15.6. The molecule has 0 aliphatic heterocycles. The van der Waals surface area contributed by atoms with Crippen LogP contribution in [-0.2, 0) is 6.54 Å². The number of fused-ring (bicyclic) bond motifs is 3. The molecule has 3 aromatic carbocycles. The molecule has 4 aromatic rings. The number of aliphatic hydroxyl groups is 1. The quantitative estimate of drug-likeness (QED) is 0.548. The van der Waals surface area contributed by atoms with Gasteiger partial charge in [0.25, 0.3) is 0 Å². The molecular formula is C23H23NO3. The molecule has 0 saturated carbocycles. The lowest BCUT2D eigenvalue weighted by atomic mass is 10.1. The summed E-state index contributed by atoms with van der Waals surface area (Å²) in [4.78, 5) is 0. The standard InChI is InChI=1S/C23H23NO3/c1-16-8-10-22-20(12-16)21-13-19(26-2)9-11-23(21)24(22)14-17(25)15-27-18-6-4-3-5-7-18/h3-13,17,25H,14-15H2,1-2H3. The van der Waals surface area contributed by atoms with Crippen LogP contribution in [0.25, 0.3) is 21.8 Å². The summed E-state index contributed by atoms with van der Waals surface area (Å²) in [7, 11) is 1.68. The van der Waals surface area contributed by atoms with Crippen LogP contribution in [0.3, 0.4) is 0 Å². The summed E-state index contributed by atoms with van der Waals surface area (Å²) in [6.07, 6.45) is -0.618. The van der Waals surface area contributed by atoms with Crippen LogP contribution < -0.4 is 9.47 Å². The van der Waals surface area contributed by atoms with E-state index in [9.17, 15) is 5.11 Å². The number of aromatic nitrogens is 1. The highest BCUT2D eigenvalue weighted by Crippen LogP contribution is 2.32. The lowest BCUT2D eigenvalue weighted by Crippen LogP contribution is -2.23. The molecule has 0 fully saturated rings. The molecule has 1 heterocycles. The predicted octanol–water partition coefficient (Wildman–Crippen LogP) is 4.55. The first kappa shape index (κ1) is 17.4. The third kappa shape index (κ3) is 3.49. The lowest BCUT2D eigenvalue weighted by molar-refractivity contribution is 0.0945. The largest absolute Gasteiger partial charge is 0.497 e. The van der Waals surface area contributed by atoms with Gasteiger partial charge in [0.1, 0.15) is 24.2 Å². The zero-order valence-electron chi connectivity index (χ0n) is 15.6. The maximum absolute atomic E-state index is 10.6. The summed E-state index contributed by atoms with van der Waals surface area (Å²) < 4.78 is 13.3. The SMILES string of the molecule is COc1ccc2c(c1)c1cc(C)ccc1n2CC(O)COc1ccccc1. The molecule has 0 aliphatic rings. The van der Waals surface area contributed by atoms with Gasteiger partial charge >= 0.3 is 0 Å². The first-order chi connectivity index (χ1) is 13.2. The zero-order chi connectivity index (χ0) is 18.8. The van der Waals surface area contributed by atoms with E-state index in [4.69, 9.17) is 9.47 Å². The van der Waals surface area contributed by atoms with Gasteiger partial charge in [0.15, 0.2) is 0 Å². The van der Waals surface area contributed by atoms with E-state index in [1.165, 1.54) is 10.9 Å². The molecule has 138 valence electrons. The topological polar surface area (TPSA) is 43.6 Å². The molecule has 1 aromatic heterocycles. The van der Waals surface area contributed by atoms with E-state index in [0.29, 0.717) is 6.54 Å². The Balaban J connectivity index is 1.67. The van der Waals surface area contributed by atoms with Gasteiger partial charge in [-0.15, -0.1) is 0 Å². The van der Waals surface area contributed by atoms with Crippen LogP contribution >= 0.6 is 0 Å². The van der Waals surface area contributed by atoms with Crippen LogP contribution in [0.4, 0.5) is 0 Å². The summed E-state index contributed by atoms with van der Waals surface area (Å²) >= 11 is 0. The number of benzene rings is 3. The Morgan fingerprint density at radius 2 is 1.59 bits per heavy atom. The minimum atomic E-state index is -0.618. The minimum Gasteiger partial charge on any atom is -0.497 e. The average molecular weight is 361 g/mol. The Hall–Kier alpha value is -2.98. The molecule has 0 amide bonds. The molecule has 0 saturated heterocycles. The van der Waals surface area contributed by atoms with Gasteiger partial charge in [-0.05, 0) is 49.4 Å². The third-order valence-electron chi connectivity index (χ3n) is 4.81. The number of hydrogen-bond acceptors (Lipinski definition) is 3. The summed E-state index contributed by atoms with van der Waals surface area (Å²) in [6, 6.07) is 22.0. The van der Waals surface area contributed by atoms with Gasteiger partial charge in [-0.25, -0.2) is 0 Å². The van der Waals surface area contributed by atoms with Crippen LogP contribution in [0.2, 0.25) is 0 Å². The van der Waals surface area contributed by atoms with Crippen molar-refractivity contribution in [2.75, 3.05) is 13.7 Å². The van der Waals surface area contributed by atoms with Crippen molar-refractivity contribution in [2.45, 2.75) is 19.6 Å². The molecule has 1 unspecified atom stereocenters. The second-order valence-electron chi connectivity index (χ2n) is 6.79. The minimum absolute atomic E-state index is 0.243. The van der Waals surface area contributed by atoms with Gasteiger partial charge in [-0.3, -0.25) is 0 Å². The fourth-order valence-corrected chi connectivity index (χ4v) is 3.49. The van der Waals surface area contributed by atoms with Gasteiger partial charge in [0, 0.05) is 21.8 Å². The molecule has 4 heteroatoms. The number of para-hydroxylation sites is 1. The van der Waals surface area contributed by atoms with Crippen molar-refractivity contribution < 1.29 is 14.6 Å². The molecule has 4 rings (SSSR count). The van der Waals surface area contributed by atoms with Crippen LogP contribution in [0.5, 0.6) is 11.5 Å². The summed E-state index contributed by atoms with van der Waals surface area (Å²) in [5.74, 6) is 1.59. The van der Waals surface area contributed by atoms with Crippen LogP contribution in [0.15, 0.2) is 66.7 Å². The van der Waals surface area contributed by atoms with Gasteiger partial charge in [-0.1, -0.05) is 29.8 Å². The molecule has 1 N–H and O–H groups in total. The number of methoxy groups -OCH3 is 1. The Morgan fingerprint density at radius 3 is 2.33 bits per heavy atom. The van der Waals surface area contributed by atoms with E-state index in [2.05, 4.69) is 35.8 Å². The summed E-state index contributed by atoms with van der Waals surface area (Å²) in [5, 5.41) is 12.9. The lowest BCUT2D eigenvalue weighted by Gasteiger charge is -2.15. The Kier molecular flexibility index (Phi) is 4.73. The average Bonchev–Trinajstić information content (AvgIpc) is 2.99. The molecule has 0 radical (unpaired) electrons. The molecule has 0 spiro atoms. The van der Waals surface area contributed by atoms with Crippen molar-refractivity contribution in [2.24, 2.45) is 0 Å². The smallest absolute Gasteiger partial charge is 0.119 e. The van der Waals surface area contributed by atoms with Crippen molar-refractivity contribution in [1.29, 1.82) is 0 Å². The number of rotatable bonds is 6. The second-order valence-corrected chi connectivity index (χ2v) is 6.79. The molecule has 27 heavy (non-hydrogen) atoms. The summed E-state index contributed by atoms with van der Waals surface area (Å²) in [6.45, 7) is 2.79. The number of hydrogen-bond donors (Lipinski definition) is 1. The number of ether oxygens (including phenoxy) is 2. The summed E-state index contributed by atoms with van der Waals surface area (Å²) in [5.41, 5.74) is 3.38. The van der Waals surface area contributed by atoms with Crippen molar-refractivity contribution in [3.8, 4) is 11.5 Å². The van der Waals surface area contributed by atoms with Crippen molar-refractivity contribution in [3.05, 3.63) is 72.3 Å². The normalized spacial score (nSPS) is 12.4. The van der Waals surface area contributed by atoms with Crippen molar-refractivity contribution >= 4 is 21.8 Å². The van der Waals surface area contributed by atoms with E-state index < -0.39 is 6.10 Å². The van der Waals surface area contributed by atoms with Gasteiger partial charge < -0.3 is 19.1 Å². The highest BCUT2D eigenvalue weighted by atomic mass is 16.5. The van der Waals surface area contributed by atoms with E-state index in [0.717, 1.165) is 27.9 Å². The van der Waals surface area contributed by atoms with Crippen molar-refractivity contribution in [3.63, 3.8) is 0 Å². The van der Waals surface area contributed by atoms with Gasteiger partial charge in [0.05, 0.1) is 13.7 Å². The fraction of sp³-hybridized carbons (Fsp3) is 0.217. The molecule has 0 aliphatic carbocycles. The van der Waals surface area contributed by atoms with Crippen molar-refractivity contribution in [1.82, 2.24) is 4.57 Å². The van der Waals surface area contributed by atoms with Gasteiger partial charge in [-0.2, -0.15) is 0 Å². The number of aryl methyl sites for hydroxylation is 1. The first-order valence-electron chi connectivity index (χ1n) is 9.08.